The predicted molar refractivity (Wildman–Crippen MR) is 103 cm³/mol. The highest BCUT2D eigenvalue weighted by Gasteiger charge is 2.13. The molecule has 0 N–H and O–H groups in total. The van der Waals surface area contributed by atoms with Crippen molar-refractivity contribution in [1.82, 2.24) is 4.90 Å². The molecule has 0 spiro atoms. The molecule has 0 bridgehead atoms. The van der Waals surface area contributed by atoms with E-state index < -0.39 is 0 Å². The van der Waals surface area contributed by atoms with Crippen molar-refractivity contribution in [3.8, 4) is 0 Å². The zero-order valence-corrected chi connectivity index (χ0v) is 15.8. The molecule has 0 unspecified atom stereocenters. The van der Waals surface area contributed by atoms with Crippen LogP contribution in [0.2, 0.25) is 0 Å². The van der Waals surface area contributed by atoms with Gasteiger partial charge in [0.25, 0.3) is 0 Å². The fraction of sp³-hybridized carbons (Fsp3) is 0.818. The Labute approximate surface area is 145 Å². The van der Waals surface area contributed by atoms with Gasteiger partial charge in [-0.3, -0.25) is 0 Å². The molecular formula is C22H39N. The maximum atomic E-state index is 2.77. The van der Waals surface area contributed by atoms with Gasteiger partial charge in [0, 0.05) is 18.8 Å². The number of fused-ring (bicyclic) bond motifs is 1. The molecule has 2 rings (SSSR count). The summed E-state index contributed by atoms with van der Waals surface area (Å²) in [6.07, 6.45) is 22.1. The molecule has 132 valence electrons. The summed E-state index contributed by atoms with van der Waals surface area (Å²) in [6, 6.07) is 0. The van der Waals surface area contributed by atoms with Crippen molar-refractivity contribution in [3.63, 3.8) is 0 Å². The number of hydrogen-bond acceptors (Lipinski definition) is 1. The van der Waals surface area contributed by atoms with Gasteiger partial charge in [-0.2, -0.15) is 0 Å². The first-order valence-electron chi connectivity index (χ1n) is 10.4. The molecule has 1 heteroatoms. The lowest BCUT2D eigenvalue weighted by Crippen LogP contribution is -2.27. The topological polar surface area (TPSA) is 3.24 Å². The lowest BCUT2D eigenvalue weighted by molar-refractivity contribution is 0.302. The summed E-state index contributed by atoms with van der Waals surface area (Å²) in [6.45, 7) is 7.30. The number of rotatable bonds is 0. The van der Waals surface area contributed by atoms with Crippen molar-refractivity contribution in [2.75, 3.05) is 13.1 Å². The Balaban J connectivity index is 2.17. The molecule has 1 nitrogen and oxygen atoms in total. The van der Waals surface area contributed by atoms with Crippen molar-refractivity contribution >= 4 is 0 Å². The van der Waals surface area contributed by atoms with Crippen molar-refractivity contribution in [1.29, 1.82) is 0 Å². The second-order valence-corrected chi connectivity index (χ2v) is 7.85. The summed E-state index contributed by atoms with van der Waals surface area (Å²) < 4.78 is 0. The minimum absolute atomic E-state index is 1.29. The highest BCUT2D eigenvalue weighted by molar-refractivity contribution is 5.26. The standard InChI is InChI=1S/C22H39N/c1-20-15-11-7-3-5-9-13-17-23-18-14-10-6-4-8-12-16-22(23)21(2)19-20/h19H,3-18H2,1-2H3/b20-19+,22-21-. The Morgan fingerprint density at radius 3 is 1.70 bits per heavy atom. The molecule has 0 aliphatic carbocycles. The smallest absolute Gasteiger partial charge is 0.0175 e. The van der Waals surface area contributed by atoms with E-state index in [2.05, 4.69) is 24.8 Å². The molecular weight excluding hydrogens is 278 g/mol. The Kier molecular flexibility index (Phi) is 8.86. The predicted octanol–water partition coefficient (Wildman–Crippen LogP) is 7.00. The first-order valence-corrected chi connectivity index (χ1v) is 10.4. The average molecular weight is 318 g/mol. The maximum Gasteiger partial charge on any atom is 0.0175 e. The Morgan fingerprint density at radius 1 is 0.609 bits per heavy atom. The Hall–Kier alpha value is -0.720. The van der Waals surface area contributed by atoms with Crippen molar-refractivity contribution < 1.29 is 0 Å². The third-order valence-electron chi connectivity index (χ3n) is 5.64. The minimum Gasteiger partial charge on any atom is -0.375 e. The Morgan fingerprint density at radius 2 is 1.09 bits per heavy atom. The molecule has 0 aromatic heterocycles. The summed E-state index contributed by atoms with van der Waals surface area (Å²) in [7, 11) is 0. The van der Waals surface area contributed by atoms with Crippen molar-refractivity contribution in [2.24, 2.45) is 0 Å². The van der Waals surface area contributed by atoms with E-state index in [1.807, 2.05) is 0 Å². The van der Waals surface area contributed by atoms with Crippen LogP contribution in [0.4, 0.5) is 0 Å². The van der Waals surface area contributed by atoms with E-state index in [0.717, 1.165) is 0 Å². The number of allylic oxidation sites excluding steroid dienone is 4. The average Bonchev–Trinajstić information content (AvgIpc) is 2.55. The molecule has 0 saturated carbocycles. The molecule has 1 fully saturated rings. The molecule has 2 heterocycles. The first kappa shape index (κ1) is 18.6. The van der Waals surface area contributed by atoms with Crippen LogP contribution in [0.1, 0.15) is 104 Å². The molecule has 2 aliphatic rings. The minimum atomic E-state index is 1.29. The highest BCUT2D eigenvalue weighted by Crippen LogP contribution is 2.25. The van der Waals surface area contributed by atoms with Gasteiger partial charge in [-0.1, -0.05) is 63.0 Å². The molecule has 0 aromatic carbocycles. The van der Waals surface area contributed by atoms with Gasteiger partial charge in [0.15, 0.2) is 0 Å². The van der Waals surface area contributed by atoms with Gasteiger partial charge in [0.05, 0.1) is 0 Å². The van der Waals surface area contributed by atoms with Gasteiger partial charge in [-0.05, 0) is 57.9 Å². The molecule has 0 atom stereocenters. The SMILES string of the molecule is CC1=C2\CCCCCCCCN2CCCCCCCC\C(C)=C\1. The van der Waals surface area contributed by atoms with E-state index in [9.17, 15) is 0 Å². The lowest BCUT2D eigenvalue weighted by atomic mass is 10.00. The summed E-state index contributed by atoms with van der Waals surface area (Å²) in [4.78, 5) is 2.77. The highest BCUT2D eigenvalue weighted by atomic mass is 15.1. The molecule has 23 heavy (non-hydrogen) atoms. The van der Waals surface area contributed by atoms with Gasteiger partial charge in [-0.15, -0.1) is 0 Å². The van der Waals surface area contributed by atoms with E-state index in [1.165, 1.54) is 103 Å². The number of nitrogens with zero attached hydrogens (tertiary/aromatic N) is 1. The van der Waals surface area contributed by atoms with E-state index in [4.69, 9.17) is 0 Å². The zero-order chi connectivity index (χ0) is 16.3. The van der Waals surface area contributed by atoms with Crippen LogP contribution in [-0.2, 0) is 0 Å². The van der Waals surface area contributed by atoms with Crippen molar-refractivity contribution in [2.45, 2.75) is 104 Å². The third-order valence-corrected chi connectivity index (χ3v) is 5.64. The van der Waals surface area contributed by atoms with Crippen LogP contribution >= 0.6 is 0 Å². The van der Waals surface area contributed by atoms with Gasteiger partial charge < -0.3 is 4.90 Å². The van der Waals surface area contributed by atoms with Crippen LogP contribution in [0.15, 0.2) is 22.9 Å². The van der Waals surface area contributed by atoms with Gasteiger partial charge in [0.1, 0.15) is 0 Å². The van der Waals surface area contributed by atoms with Crippen LogP contribution < -0.4 is 0 Å². The largest absolute Gasteiger partial charge is 0.375 e. The normalized spacial score (nSPS) is 29.3. The van der Waals surface area contributed by atoms with Crippen LogP contribution in [0.5, 0.6) is 0 Å². The quantitative estimate of drug-likeness (QED) is 0.465. The van der Waals surface area contributed by atoms with Gasteiger partial charge >= 0.3 is 0 Å². The Bertz CT molecular complexity index is 391. The molecule has 0 radical (unpaired) electrons. The van der Waals surface area contributed by atoms with E-state index in [0.29, 0.717) is 0 Å². The van der Waals surface area contributed by atoms with Crippen LogP contribution in [-0.4, -0.2) is 18.0 Å². The van der Waals surface area contributed by atoms with E-state index in [-0.39, 0.29) is 0 Å². The van der Waals surface area contributed by atoms with Crippen LogP contribution in [0.25, 0.3) is 0 Å². The van der Waals surface area contributed by atoms with Gasteiger partial charge in [0.2, 0.25) is 0 Å². The summed E-state index contributed by atoms with van der Waals surface area (Å²) in [5, 5.41) is 0. The maximum absolute atomic E-state index is 2.77. The summed E-state index contributed by atoms with van der Waals surface area (Å²) in [5.41, 5.74) is 4.82. The van der Waals surface area contributed by atoms with Gasteiger partial charge in [-0.25, -0.2) is 0 Å². The fourth-order valence-electron chi connectivity index (χ4n) is 4.23. The molecule has 1 saturated heterocycles. The zero-order valence-electron chi connectivity index (χ0n) is 15.8. The second-order valence-electron chi connectivity index (χ2n) is 7.85. The van der Waals surface area contributed by atoms with Crippen molar-refractivity contribution in [3.05, 3.63) is 22.9 Å². The number of hydrogen-bond donors (Lipinski definition) is 0. The fourth-order valence-corrected chi connectivity index (χ4v) is 4.23. The van der Waals surface area contributed by atoms with E-state index >= 15 is 0 Å². The van der Waals surface area contributed by atoms with Crippen LogP contribution in [0.3, 0.4) is 0 Å². The monoisotopic (exact) mass is 317 g/mol. The second kappa shape index (κ2) is 10.9. The first-order chi connectivity index (χ1) is 11.3. The summed E-state index contributed by atoms with van der Waals surface area (Å²) in [5.74, 6) is 0. The molecule has 0 amide bonds. The molecule has 0 aromatic rings. The summed E-state index contributed by atoms with van der Waals surface area (Å²) >= 11 is 0. The molecule has 2 aliphatic heterocycles. The van der Waals surface area contributed by atoms with E-state index in [1.54, 1.807) is 16.8 Å². The lowest BCUT2D eigenvalue weighted by Gasteiger charge is -2.30. The third kappa shape index (κ3) is 7.14. The van der Waals surface area contributed by atoms with Crippen LogP contribution in [0, 0.1) is 0 Å².